The fourth-order valence-electron chi connectivity index (χ4n) is 3.93. The zero-order valence-corrected chi connectivity index (χ0v) is 15.9. The molecular weight excluding hydrogens is 352 g/mol. The lowest BCUT2D eigenvalue weighted by molar-refractivity contribution is 0.0697. The predicted octanol–water partition coefficient (Wildman–Crippen LogP) is 4.62. The maximum absolute atomic E-state index is 11.4. The zero-order chi connectivity index (χ0) is 19.7. The van der Waals surface area contributed by atoms with E-state index in [-0.39, 0.29) is 11.7 Å². The number of aromatic nitrogens is 1. The molecule has 0 bridgehead atoms. The molecule has 2 aromatic carbocycles. The van der Waals surface area contributed by atoms with E-state index in [1.807, 2.05) is 19.2 Å². The molecule has 1 saturated carbocycles. The van der Waals surface area contributed by atoms with E-state index in [1.54, 1.807) is 18.2 Å². The van der Waals surface area contributed by atoms with Gasteiger partial charge in [-0.15, -0.1) is 0 Å². The molecule has 1 fully saturated rings. The molecule has 1 aliphatic rings. The molecule has 0 spiro atoms. The third-order valence-corrected chi connectivity index (χ3v) is 5.50. The van der Waals surface area contributed by atoms with Crippen molar-refractivity contribution >= 4 is 22.6 Å². The summed E-state index contributed by atoms with van der Waals surface area (Å²) in [5.74, 6) is -0.0948. The maximum atomic E-state index is 11.4. The van der Waals surface area contributed by atoms with E-state index in [0.29, 0.717) is 6.04 Å². The Morgan fingerprint density at radius 1 is 1.07 bits per heavy atom. The first-order valence-corrected chi connectivity index (χ1v) is 9.69. The SMILES string of the molecule is Cc1ccc2c(NC3CCC(O)CC3)ncc(-c3cccc(C(=O)O)c3)c2c1. The number of aromatic carboxylic acids is 1. The van der Waals surface area contributed by atoms with Crippen molar-refractivity contribution in [2.75, 3.05) is 5.32 Å². The number of carboxylic acids is 1. The molecule has 28 heavy (non-hydrogen) atoms. The Kier molecular flexibility index (Phi) is 5.01. The molecule has 0 unspecified atom stereocenters. The van der Waals surface area contributed by atoms with Gasteiger partial charge in [0.2, 0.25) is 0 Å². The molecule has 5 heteroatoms. The van der Waals surface area contributed by atoms with E-state index >= 15 is 0 Å². The highest BCUT2D eigenvalue weighted by Crippen LogP contribution is 2.34. The van der Waals surface area contributed by atoms with Crippen molar-refractivity contribution in [3.63, 3.8) is 0 Å². The number of aliphatic hydroxyl groups is 1. The molecule has 0 atom stereocenters. The van der Waals surface area contributed by atoms with Gasteiger partial charge in [-0.25, -0.2) is 9.78 Å². The number of hydrogen-bond acceptors (Lipinski definition) is 4. The second kappa shape index (κ2) is 7.60. The van der Waals surface area contributed by atoms with Crippen LogP contribution >= 0.6 is 0 Å². The number of benzene rings is 2. The first kappa shape index (κ1) is 18.4. The fourth-order valence-corrected chi connectivity index (χ4v) is 3.93. The molecular formula is C23H24N2O3. The topological polar surface area (TPSA) is 82.5 Å². The van der Waals surface area contributed by atoms with E-state index in [0.717, 1.165) is 59.0 Å². The molecule has 1 aromatic heterocycles. The van der Waals surface area contributed by atoms with Crippen LogP contribution in [0.25, 0.3) is 21.9 Å². The van der Waals surface area contributed by atoms with Crippen molar-refractivity contribution in [2.45, 2.75) is 44.8 Å². The van der Waals surface area contributed by atoms with Crippen molar-refractivity contribution in [1.82, 2.24) is 4.98 Å². The Morgan fingerprint density at radius 2 is 1.86 bits per heavy atom. The van der Waals surface area contributed by atoms with Gasteiger partial charge in [-0.1, -0.05) is 35.9 Å². The highest BCUT2D eigenvalue weighted by molar-refractivity contribution is 6.02. The van der Waals surface area contributed by atoms with E-state index in [4.69, 9.17) is 0 Å². The minimum absolute atomic E-state index is 0.186. The molecule has 3 aromatic rings. The Hall–Kier alpha value is -2.92. The number of nitrogens with one attached hydrogen (secondary N) is 1. The van der Waals surface area contributed by atoms with Crippen LogP contribution in [0.15, 0.2) is 48.7 Å². The standard InChI is InChI=1S/C23H24N2O3/c1-14-5-10-19-20(11-14)21(15-3-2-4-16(12-15)23(27)28)13-24-22(19)25-17-6-8-18(26)9-7-17/h2-5,10-13,17-18,26H,6-9H2,1H3,(H,24,25)(H,27,28). The average molecular weight is 376 g/mol. The lowest BCUT2D eigenvalue weighted by Gasteiger charge is -2.27. The van der Waals surface area contributed by atoms with Gasteiger partial charge in [0, 0.05) is 23.2 Å². The number of aliphatic hydroxyl groups excluding tert-OH is 1. The second-order valence-corrected chi connectivity index (χ2v) is 7.61. The smallest absolute Gasteiger partial charge is 0.335 e. The summed E-state index contributed by atoms with van der Waals surface area (Å²) < 4.78 is 0. The third-order valence-electron chi connectivity index (χ3n) is 5.50. The normalized spacial score (nSPS) is 19.5. The van der Waals surface area contributed by atoms with Crippen LogP contribution in [-0.2, 0) is 0 Å². The largest absolute Gasteiger partial charge is 0.478 e. The van der Waals surface area contributed by atoms with Crippen LogP contribution in [0.4, 0.5) is 5.82 Å². The number of nitrogens with zero attached hydrogens (tertiary/aromatic N) is 1. The van der Waals surface area contributed by atoms with Crippen LogP contribution in [0.2, 0.25) is 0 Å². The van der Waals surface area contributed by atoms with Crippen molar-refractivity contribution in [1.29, 1.82) is 0 Å². The van der Waals surface area contributed by atoms with Gasteiger partial charge in [-0.05, 0) is 55.7 Å². The summed E-state index contributed by atoms with van der Waals surface area (Å²) in [5.41, 5.74) is 3.17. The summed E-state index contributed by atoms with van der Waals surface area (Å²) >= 11 is 0. The van der Waals surface area contributed by atoms with Crippen molar-refractivity contribution < 1.29 is 15.0 Å². The quantitative estimate of drug-likeness (QED) is 0.619. The molecule has 0 radical (unpaired) electrons. The Morgan fingerprint density at radius 3 is 2.61 bits per heavy atom. The molecule has 0 aliphatic heterocycles. The van der Waals surface area contributed by atoms with Gasteiger partial charge >= 0.3 is 5.97 Å². The molecule has 0 saturated heterocycles. The summed E-state index contributed by atoms with van der Waals surface area (Å²) in [7, 11) is 0. The predicted molar refractivity (Wildman–Crippen MR) is 111 cm³/mol. The van der Waals surface area contributed by atoms with Crippen molar-refractivity contribution in [2.24, 2.45) is 0 Å². The van der Waals surface area contributed by atoms with Gasteiger partial charge in [0.1, 0.15) is 5.82 Å². The third kappa shape index (κ3) is 3.71. The van der Waals surface area contributed by atoms with Crippen LogP contribution in [0, 0.1) is 6.92 Å². The monoisotopic (exact) mass is 376 g/mol. The maximum Gasteiger partial charge on any atom is 0.335 e. The number of aryl methyl sites for hydroxylation is 1. The van der Waals surface area contributed by atoms with Gasteiger partial charge in [-0.3, -0.25) is 0 Å². The first-order chi connectivity index (χ1) is 13.5. The van der Waals surface area contributed by atoms with Crippen molar-refractivity contribution in [3.05, 3.63) is 59.8 Å². The zero-order valence-electron chi connectivity index (χ0n) is 15.9. The van der Waals surface area contributed by atoms with E-state index in [9.17, 15) is 15.0 Å². The second-order valence-electron chi connectivity index (χ2n) is 7.61. The van der Waals surface area contributed by atoms with E-state index in [2.05, 4.69) is 28.5 Å². The molecule has 4 rings (SSSR count). The van der Waals surface area contributed by atoms with Gasteiger partial charge in [0.05, 0.1) is 11.7 Å². The highest BCUT2D eigenvalue weighted by atomic mass is 16.4. The van der Waals surface area contributed by atoms with Crippen LogP contribution in [0.1, 0.15) is 41.6 Å². The van der Waals surface area contributed by atoms with Gasteiger partial charge in [0.25, 0.3) is 0 Å². The molecule has 0 amide bonds. The number of carboxylic acid groups (broad SMARTS) is 1. The number of anilines is 1. The molecule has 5 nitrogen and oxygen atoms in total. The number of pyridine rings is 1. The summed E-state index contributed by atoms with van der Waals surface area (Å²) in [6.07, 6.45) is 5.12. The number of fused-ring (bicyclic) bond motifs is 1. The lowest BCUT2D eigenvalue weighted by atomic mass is 9.92. The number of rotatable bonds is 4. The minimum Gasteiger partial charge on any atom is -0.478 e. The Balaban J connectivity index is 1.76. The fraction of sp³-hybridized carbons (Fsp3) is 0.304. The number of carbonyl (C=O) groups is 1. The average Bonchev–Trinajstić information content (AvgIpc) is 2.69. The Labute approximate surface area is 164 Å². The summed E-state index contributed by atoms with van der Waals surface area (Å²) in [4.78, 5) is 16.0. The first-order valence-electron chi connectivity index (χ1n) is 9.69. The summed E-state index contributed by atoms with van der Waals surface area (Å²) in [6, 6.07) is 13.5. The summed E-state index contributed by atoms with van der Waals surface area (Å²) in [6.45, 7) is 2.05. The Bertz CT molecular complexity index is 1020. The lowest BCUT2D eigenvalue weighted by Crippen LogP contribution is -2.28. The van der Waals surface area contributed by atoms with Crippen LogP contribution < -0.4 is 5.32 Å². The van der Waals surface area contributed by atoms with Crippen LogP contribution in [-0.4, -0.2) is 33.3 Å². The highest BCUT2D eigenvalue weighted by Gasteiger charge is 2.20. The van der Waals surface area contributed by atoms with Gasteiger partial charge < -0.3 is 15.5 Å². The molecule has 1 heterocycles. The van der Waals surface area contributed by atoms with Gasteiger partial charge in [-0.2, -0.15) is 0 Å². The molecule has 3 N–H and O–H groups in total. The summed E-state index contributed by atoms with van der Waals surface area (Å²) in [5, 5.41) is 24.7. The van der Waals surface area contributed by atoms with Crippen LogP contribution in [0.5, 0.6) is 0 Å². The minimum atomic E-state index is -0.937. The van der Waals surface area contributed by atoms with E-state index < -0.39 is 5.97 Å². The van der Waals surface area contributed by atoms with Crippen LogP contribution in [0.3, 0.4) is 0 Å². The molecule has 144 valence electrons. The number of hydrogen-bond donors (Lipinski definition) is 3. The van der Waals surface area contributed by atoms with E-state index in [1.165, 1.54) is 0 Å². The van der Waals surface area contributed by atoms with Gasteiger partial charge in [0.15, 0.2) is 0 Å². The molecule has 1 aliphatic carbocycles. The van der Waals surface area contributed by atoms with Crippen molar-refractivity contribution in [3.8, 4) is 11.1 Å².